The van der Waals surface area contributed by atoms with Crippen LogP contribution < -0.4 is 16.3 Å². The molecule has 10 nitrogen and oxygen atoms in total. The first-order valence-corrected chi connectivity index (χ1v) is 11.5. The molecule has 0 saturated heterocycles. The summed E-state index contributed by atoms with van der Waals surface area (Å²) in [7, 11) is 0. The van der Waals surface area contributed by atoms with Crippen LogP contribution >= 0.6 is 6.64 Å². The van der Waals surface area contributed by atoms with Gasteiger partial charge in [-0.25, -0.2) is 9.88 Å². The standard InChI is InChI=1S/C16H28N3O7PS/c1-6-13(26-12(5)19-8-7-14(20)17-16(19)22)9-24-27(23,28)18-11(4)15(21)25-10(2)3/h7-8,10-13H,6,9H2,1-5H3,(H,17,20,22)(H2,18,23,28). The van der Waals surface area contributed by atoms with Gasteiger partial charge in [-0.1, -0.05) is 6.92 Å². The fraction of sp³-hybridized carbons (Fsp3) is 0.688. The van der Waals surface area contributed by atoms with Gasteiger partial charge < -0.3 is 18.9 Å². The van der Waals surface area contributed by atoms with Gasteiger partial charge in [0.2, 0.25) is 0 Å². The molecule has 0 spiro atoms. The van der Waals surface area contributed by atoms with Gasteiger partial charge in [-0.3, -0.25) is 19.1 Å². The Balaban J connectivity index is 2.64. The predicted octanol–water partition coefficient (Wildman–Crippen LogP) is 1.01. The van der Waals surface area contributed by atoms with Gasteiger partial charge in [0, 0.05) is 12.3 Å². The number of nitrogens with one attached hydrogen (secondary N) is 2. The van der Waals surface area contributed by atoms with E-state index in [9.17, 15) is 19.3 Å². The minimum Gasteiger partial charge on any atom is -0.462 e. The van der Waals surface area contributed by atoms with Gasteiger partial charge in [0.05, 0.1) is 18.8 Å². The third-order valence-corrected chi connectivity index (χ3v) is 5.43. The van der Waals surface area contributed by atoms with Gasteiger partial charge >= 0.3 is 11.7 Å². The van der Waals surface area contributed by atoms with Gasteiger partial charge in [0.15, 0.2) is 0 Å². The number of nitrogens with zero attached hydrogens (tertiary/aromatic N) is 1. The molecule has 1 heterocycles. The Labute approximate surface area is 168 Å². The molecular weight excluding hydrogens is 409 g/mol. The molecule has 0 aliphatic heterocycles. The molecule has 0 bridgehead atoms. The van der Waals surface area contributed by atoms with Crippen LogP contribution in [0.4, 0.5) is 0 Å². The van der Waals surface area contributed by atoms with Crippen molar-refractivity contribution in [2.24, 2.45) is 0 Å². The highest BCUT2D eigenvalue weighted by Crippen LogP contribution is 2.38. The lowest BCUT2D eigenvalue weighted by Crippen LogP contribution is -2.36. The highest BCUT2D eigenvalue weighted by molar-refractivity contribution is 8.08. The Morgan fingerprint density at radius 2 is 2.00 bits per heavy atom. The average Bonchev–Trinajstić information content (AvgIpc) is 2.57. The Morgan fingerprint density at radius 1 is 1.36 bits per heavy atom. The van der Waals surface area contributed by atoms with E-state index in [0.29, 0.717) is 6.42 Å². The van der Waals surface area contributed by atoms with Gasteiger partial charge in [0.25, 0.3) is 12.2 Å². The first kappa shape index (κ1) is 24.7. The summed E-state index contributed by atoms with van der Waals surface area (Å²) in [6, 6.07) is 0.381. The van der Waals surface area contributed by atoms with E-state index in [4.69, 9.17) is 25.8 Å². The molecule has 4 atom stereocenters. The summed E-state index contributed by atoms with van der Waals surface area (Å²) >= 11 is 5.04. The number of rotatable bonds is 11. The second-order valence-corrected chi connectivity index (χ2v) is 9.48. The first-order chi connectivity index (χ1) is 12.9. The van der Waals surface area contributed by atoms with E-state index >= 15 is 0 Å². The van der Waals surface area contributed by atoms with Gasteiger partial charge in [0.1, 0.15) is 12.3 Å². The fourth-order valence-electron chi connectivity index (χ4n) is 2.16. The predicted molar refractivity (Wildman–Crippen MR) is 107 cm³/mol. The molecule has 0 radical (unpaired) electrons. The van der Waals surface area contributed by atoms with Crippen LogP contribution in [0.2, 0.25) is 0 Å². The molecular formula is C16H28N3O7PS. The number of hydrogen-bond donors (Lipinski definition) is 3. The van der Waals surface area contributed by atoms with Crippen molar-refractivity contribution in [3.63, 3.8) is 0 Å². The molecule has 160 valence electrons. The minimum absolute atomic E-state index is 0.0499. The zero-order valence-electron chi connectivity index (χ0n) is 16.6. The summed E-state index contributed by atoms with van der Waals surface area (Å²) < 4.78 is 17.4. The van der Waals surface area contributed by atoms with Crippen LogP contribution in [0, 0.1) is 0 Å². The lowest BCUT2D eigenvalue weighted by molar-refractivity contribution is -0.149. The molecule has 1 rings (SSSR count). The number of aromatic nitrogens is 2. The summed E-state index contributed by atoms with van der Waals surface area (Å²) in [4.78, 5) is 47.2. The summed E-state index contributed by atoms with van der Waals surface area (Å²) in [6.07, 6.45) is 0.401. The highest BCUT2D eigenvalue weighted by atomic mass is 32.5. The van der Waals surface area contributed by atoms with E-state index in [1.807, 2.05) is 6.92 Å². The third-order valence-electron chi connectivity index (χ3n) is 3.59. The van der Waals surface area contributed by atoms with Crippen LogP contribution in [-0.4, -0.2) is 45.3 Å². The fourth-order valence-corrected chi connectivity index (χ4v) is 3.86. The van der Waals surface area contributed by atoms with Gasteiger partial charge in [-0.2, -0.15) is 0 Å². The zero-order chi connectivity index (χ0) is 21.5. The molecule has 1 aromatic rings. The van der Waals surface area contributed by atoms with Crippen molar-refractivity contribution >= 4 is 24.4 Å². The van der Waals surface area contributed by atoms with E-state index in [1.165, 1.54) is 23.8 Å². The van der Waals surface area contributed by atoms with Crippen molar-refractivity contribution < 1.29 is 23.7 Å². The molecule has 0 fully saturated rings. The molecule has 0 saturated carbocycles. The van der Waals surface area contributed by atoms with Crippen molar-refractivity contribution in [2.75, 3.05) is 6.61 Å². The average molecular weight is 437 g/mol. The largest absolute Gasteiger partial charge is 0.462 e. The Morgan fingerprint density at radius 3 is 2.54 bits per heavy atom. The van der Waals surface area contributed by atoms with Crippen LogP contribution in [0.5, 0.6) is 0 Å². The summed E-state index contributed by atoms with van der Waals surface area (Å²) in [5.74, 6) is -0.545. The maximum Gasteiger partial charge on any atom is 0.330 e. The second kappa shape index (κ2) is 11.0. The number of esters is 1. The smallest absolute Gasteiger partial charge is 0.330 e. The number of ether oxygens (including phenoxy) is 2. The van der Waals surface area contributed by atoms with Gasteiger partial charge in [-0.15, -0.1) is 0 Å². The summed E-state index contributed by atoms with van der Waals surface area (Å²) in [5.41, 5.74) is -1.09. The normalized spacial score (nSPS) is 17.0. The van der Waals surface area contributed by atoms with Crippen molar-refractivity contribution in [2.45, 2.75) is 65.5 Å². The van der Waals surface area contributed by atoms with Gasteiger partial charge in [-0.05, 0) is 45.9 Å². The van der Waals surface area contributed by atoms with Crippen LogP contribution in [0.25, 0.3) is 0 Å². The Kier molecular flexibility index (Phi) is 9.68. The number of carbonyl (C=O) groups excluding carboxylic acids is 1. The molecule has 0 amide bonds. The topological polar surface area (TPSA) is 132 Å². The summed E-state index contributed by atoms with van der Waals surface area (Å²) in [5, 5.41) is 2.58. The second-order valence-electron chi connectivity index (χ2n) is 6.44. The molecule has 0 aliphatic carbocycles. The number of carbonyl (C=O) groups is 1. The molecule has 1 aromatic heterocycles. The van der Waals surface area contributed by atoms with E-state index in [1.54, 1.807) is 20.8 Å². The maximum absolute atomic E-state index is 11.8. The van der Waals surface area contributed by atoms with Crippen molar-refractivity contribution in [3.05, 3.63) is 33.1 Å². The number of H-pyrrole nitrogens is 1. The molecule has 0 aromatic carbocycles. The molecule has 12 heteroatoms. The monoisotopic (exact) mass is 437 g/mol. The molecule has 3 N–H and O–H groups in total. The van der Waals surface area contributed by atoms with Crippen molar-refractivity contribution in [1.82, 2.24) is 14.6 Å². The third kappa shape index (κ3) is 8.34. The van der Waals surface area contributed by atoms with E-state index in [0.717, 1.165) is 0 Å². The number of hydrogen-bond acceptors (Lipinski definition) is 7. The molecule has 28 heavy (non-hydrogen) atoms. The summed E-state index contributed by atoms with van der Waals surface area (Å²) in [6.45, 7) is 4.92. The zero-order valence-corrected chi connectivity index (χ0v) is 18.3. The Bertz CT molecular complexity index is 810. The lowest BCUT2D eigenvalue weighted by atomic mass is 10.3. The molecule has 4 unspecified atom stereocenters. The van der Waals surface area contributed by atoms with Crippen LogP contribution in [-0.2, 0) is 30.6 Å². The first-order valence-electron chi connectivity index (χ1n) is 8.87. The minimum atomic E-state index is -3.46. The van der Waals surface area contributed by atoms with Crippen molar-refractivity contribution in [1.29, 1.82) is 0 Å². The number of aromatic amines is 1. The van der Waals surface area contributed by atoms with E-state index in [-0.39, 0.29) is 12.7 Å². The maximum atomic E-state index is 11.8. The SMILES string of the molecule is CCC(COP(O)(=S)NC(C)C(=O)OC(C)C)OC(C)n1ccc(=O)[nH]c1=O. The lowest BCUT2D eigenvalue weighted by Gasteiger charge is -2.26. The van der Waals surface area contributed by atoms with E-state index in [2.05, 4.69) is 10.1 Å². The van der Waals surface area contributed by atoms with Crippen LogP contribution in [0.3, 0.4) is 0 Å². The van der Waals surface area contributed by atoms with Crippen LogP contribution in [0.1, 0.15) is 47.3 Å². The van der Waals surface area contributed by atoms with E-state index < -0.39 is 42.2 Å². The Hall–Kier alpha value is -1.36. The molecule has 0 aliphatic rings. The highest BCUT2D eigenvalue weighted by Gasteiger charge is 2.25. The van der Waals surface area contributed by atoms with Crippen molar-refractivity contribution in [3.8, 4) is 0 Å². The van der Waals surface area contributed by atoms with Crippen LogP contribution in [0.15, 0.2) is 21.9 Å². The quantitative estimate of drug-likeness (QED) is 0.343.